The number of benzene rings is 8. The summed E-state index contributed by atoms with van der Waals surface area (Å²) in [5.41, 5.74) is 20.4. The molecule has 698 valence electrons. The predicted octanol–water partition coefficient (Wildman–Crippen LogP) is 16.1. The number of nitrogens with zero attached hydrogens (tertiary/aromatic N) is 7. The minimum Gasteiger partial charge on any atom is -0.481 e. The number of ketones is 3. The van der Waals surface area contributed by atoms with Crippen molar-refractivity contribution in [1.82, 2.24) is 37.2 Å². The third kappa shape index (κ3) is 38.0. The lowest BCUT2D eigenvalue weighted by molar-refractivity contribution is -0.138. The van der Waals surface area contributed by atoms with Crippen LogP contribution in [0.4, 0.5) is 26.3 Å². The van der Waals surface area contributed by atoms with Crippen molar-refractivity contribution in [3.05, 3.63) is 302 Å². The quantitative estimate of drug-likeness (QED) is 0.0304. The molecule has 0 bridgehead atoms. The van der Waals surface area contributed by atoms with Crippen molar-refractivity contribution in [1.29, 1.82) is 0 Å². The number of carbonyl (C=O) groups is 4. The first-order valence-electron chi connectivity index (χ1n) is 38.9. The van der Waals surface area contributed by atoms with Gasteiger partial charge in [0.15, 0.2) is 0 Å². The zero-order valence-corrected chi connectivity index (χ0v) is 82.1. The van der Waals surface area contributed by atoms with E-state index >= 15 is 0 Å². The number of sulfone groups is 1. The maximum absolute atomic E-state index is 14.6. The van der Waals surface area contributed by atoms with Gasteiger partial charge in [-0.2, -0.15) is 10.2 Å². The third-order valence-electron chi connectivity index (χ3n) is 19.5. The number of halogens is 10. The fourth-order valence-corrected chi connectivity index (χ4v) is 14.4. The fraction of sp³-hybridized carbons (Fsp3) is 0.341. The van der Waals surface area contributed by atoms with Gasteiger partial charge in [0.1, 0.15) is 62.1 Å². The average molecular weight is 2050 g/mol. The molecule has 0 spiro atoms. The summed E-state index contributed by atoms with van der Waals surface area (Å²) in [7, 11) is -12.4. The second-order valence-electron chi connectivity index (χ2n) is 30.1. The number of carbonyl (C=O) groups excluding carboxylic acids is 3. The van der Waals surface area contributed by atoms with E-state index in [4.69, 9.17) is 39.8 Å². The standard InChI is InChI=1S/C24H27ClFN3O3S.C13H18FNO3S.C13H17FO3S.C12H16FNO4S.C11H12ClN3.C8H9BrFNO2S.C7H7BrFN/c1-16-12-22(29(27-16)21-7-5-6-20(25)14-21)10-11-24(30)17(2)18-8-9-19(23(26)13-18)15-28(3)33(4,31)32;1-9(10(2)16)11-5-6-12(13(14)7-11)8-15(3)19(4,17)18;1-9(10(2)15)12-5-4-11(13(14)8-12)6-7-18(3,16)17;1-8(12(15)16)9-4-5-10(11(13)6-9)7-14(2)19(3,17)18;1-8-5-11(7-13)15(14-8)10-4-2-3-9(12)6-10;1-14(12,13)11-5-6-2-3-7(9)4-8(6)10;8-6-2-1-5(4-10)7(9)3-6/h5-9,12-14,17H,10-11,15H2,1-4H3;5-7,9H,8H2,1-4H3;4-5,8-9H,6-7H2,1-3H3;4-6,8H,7H2,1-3H3,(H,15,16);2-6H,7,13H2,1H3;2-4,11H,5H2,1H3;1-3H,4,10H2. The van der Waals surface area contributed by atoms with E-state index in [1.165, 1.54) is 103 Å². The maximum atomic E-state index is 14.6. The molecule has 4 unspecified atom stereocenters. The summed E-state index contributed by atoms with van der Waals surface area (Å²) in [5.74, 6) is -6.01. The topological polar surface area (TPSA) is 369 Å². The van der Waals surface area contributed by atoms with Crippen LogP contribution in [0.15, 0.2) is 179 Å². The van der Waals surface area contributed by atoms with Crippen molar-refractivity contribution in [3.8, 4) is 11.4 Å². The number of carboxylic acids is 1. The smallest absolute Gasteiger partial charge is 0.310 e. The van der Waals surface area contributed by atoms with Crippen LogP contribution in [0.25, 0.3) is 11.4 Å². The van der Waals surface area contributed by atoms with Gasteiger partial charge in [-0.15, -0.1) is 0 Å². The summed E-state index contributed by atoms with van der Waals surface area (Å²) >= 11 is 18.3. The van der Waals surface area contributed by atoms with E-state index < -0.39 is 96.8 Å². The first-order chi connectivity index (χ1) is 59.2. The van der Waals surface area contributed by atoms with Crippen molar-refractivity contribution in [2.45, 2.75) is 138 Å². The number of sulfonamides is 4. The first-order valence-corrected chi connectivity index (χ1v) is 50.7. The molecule has 40 heteroatoms. The predicted molar refractivity (Wildman–Crippen MR) is 496 cm³/mol. The van der Waals surface area contributed by atoms with Crippen molar-refractivity contribution in [3.63, 3.8) is 0 Å². The minimum atomic E-state index is -3.42. The average Bonchev–Trinajstić information content (AvgIpc) is 1.58. The van der Waals surface area contributed by atoms with Crippen LogP contribution < -0.4 is 16.2 Å². The van der Waals surface area contributed by atoms with E-state index in [-0.39, 0.29) is 103 Å². The normalized spacial score (nSPS) is 12.5. The molecule has 2 heterocycles. The van der Waals surface area contributed by atoms with Gasteiger partial charge >= 0.3 is 5.97 Å². The molecule has 2 aromatic heterocycles. The molecular weight excluding hydrogens is 1940 g/mol. The Labute approximate surface area is 773 Å². The van der Waals surface area contributed by atoms with Crippen molar-refractivity contribution < 1.29 is 92.7 Å². The van der Waals surface area contributed by atoms with Crippen LogP contribution in [0.2, 0.25) is 10.0 Å². The molecule has 25 nitrogen and oxygen atoms in total. The van der Waals surface area contributed by atoms with Gasteiger partial charge in [-0.1, -0.05) is 149 Å². The van der Waals surface area contributed by atoms with Crippen molar-refractivity contribution >= 4 is 128 Å². The van der Waals surface area contributed by atoms with Gasteiger partial charge in [0.05, 0.1) is 65.2 Å². The Bertz CT molecular complexity index is 6040. The number of rotatable bonds is 30. The molecule has 128 heavy (non-hydrogen) atoms. The largest absolute Gasteiger partial charge is 0.481 e. The Balaban J connectivity index is 0.000000322. The summed E-state index contributed by atoms with van der Waals surface area (Å²) in [5, 5.41) is 19.0. The molecule has 8 aromatic carbocycles. The van der Waals surface area contributed by atoms with Crippen LogP contribution in [0.3, 0.4) is 0 Å². The fourth-order valence-electron chi connectivity index (χ4n) is 11.2. The molecular formula is C88H106Br2Cl2F6N10O15S5. The van der Waals surface area contributed by atoms with Crippen LogP contribution in [-0.2, 0) is 121 Å². The molecule has 6 N–H and O–H groups in total. The summed E-state index contributed by atoms with van der Waals surface area (Å²) in [6, 6.07) is 45.7. The van der Waals surface area contributed by atoms with Crippen LogP contribution in [-0.4, -0.2) is 161 Å². The van der Waals surface area contributed by atoms with Gasteiger partial charge in [0, 0.05) is 143 Å². The lowest BCUT2D eigenvalue weighted by atomic mass is 9.92. The number of carboxylic acid groups (broad SMARTS) is 1. The highest BCUT2D eigenvalue weighted by molar-refractivity contribution is 9.10. The van der Waals surface area contributed by atoms with Gasteiger partial charge in [0.25, 0.3) is 0 Å². The zero-order chi connectivity index (χ0) is 97.0. The highest BCUT2D eigenvalue weighted by atomic mass is 79.9. The molecule has 0 amide bonds. The van der Waals surface area contributed by atoms with Crippen LogP contribution in [0.5, 0.6) is 0 Å². The van der Waals surface area contributed by atoms with Gasteiger partial charge < -0.3 is 16.6 Å². The molecule has 0 fully saturated rings. The Morgan fingerprint density at radius 2 is 0.781 bits per heavy atom. The number of hydrogen-bond acceptors (Lipinski definition) is 18. The molecule has 0 aliphatic rings. The molecule has 10 aromatic rings. The molecule has 0 radical (unpaired) electrons. The second kappa shape index (κ2) is 50.6. The number of aromatic nitrogens is 4. The van der Waals surface area contributed by atoms with Gasteiger partial charge in [0.2, 0.25) is 40.1 Å². The van der Waals surface area contributed by atoms with Crippen LogP contribution >= 0.6 is 55.1 Å². The Morgan fingerprint density at radius 1 is 0.445 bits per heavy atom. The number of hydrogen-bond donors (Lipinski definition) is 4. The van der Waals surface area contributed by atoms with Crippen molar-refractivity contribution in [2.24, 2.45) is 11.5 Å². The SMILES string of the molecule is CC(=O)C(C)c1ccc(CCS(C)(=O)=O)c(F)c1.CC(=O)C(C)c1ccc(CN(C)S(C)(=O)=O)c(F)c1.CC(C(=O)O)c1ccc(CN(C)S(C)(=O)=O)c(F)c1.CS(=O)(=O)NCc1ccc(Br)cc1F.Cc1cc(CCC(=O)C(C)c2ccc(CN(C)S(C)(=O)=O)c(F)c2)n(-c2cccc(Cl)c2)n1.Cc1cc(CN)n(-c2cccc(Cl)c2)n1.NCc1ccc(Br)cc1F. The third-order valence-corrected chi connectivity index (χ3v) is 26.4. The minimum absolute atomic E-state index is 0.0214. The van der Waals surface area contributed by atoms with E-state index in [1.54, 1.807) is 74.0 Å². The number of Topliss-reactive ketones (excluding diaryl/α,β-unsaturated/α-hetero) is 3. The Hall–Kier alpha value is -8.71. The van der Waals surface area contributed by atoms with Crippen LogP contribution in [0.1, 0.15) is 150 Å². The van der Waals surface area contributed by atoms with Gasteiger partial charge in [-0.3, -0.25) is 19.2 Å². The number of nitrogens with one attached hydrogen (secondary N) is 1. The highest BCUT2D eigenvalue weighted by Gasteiger charge is 2.24. The second-order valence-corrected chi connectivity index (χ2v) is 43.1. The summed E-state index contributed by atoms with van der Waals surface area (Å²) in [6.45, 7) is 13.9. The van der Waals surface area contributed by atoms with E-state index in [9.17, 15) is 87.6 Å². The Morgan fingerprint density at radius 3 is 1.10 bits per heavy atom. The molecule has 0 aliphatic carbocycles. The molecule has 0 saturated heterocycles. The Kier molecular flexibility index (Phi) is 44.1. The van der Waals surface area contributed by atoms with Gasteiger partial charge in [-0.05, 0) is 172 Å². The molecule has 0 aliphatic heterocycles. The highest BCUT2D eigenvalue weighted by Crippen LogP contribution is 2.28. The summed E-state index contributed by atoms with van der Waals surface area (Å²) in [6.07, 6.45) is 6.23. The lowest BCUT2D eigenvalue weighted by Gasteiger charge is -2.16. The lowest BCUT2D eigenvalue weighted by Crippen LogP contribution is -2.25. The van der Waals surface area contributed by atoms with Gasteiger partial charge in [-0.25, -0.2) is 95.4 Å². The molecule has 10 rings (SSSR count). The van der Waals surface area contributed by atoms with E-state index in [0.29, 0.717) is 66.4 Å². The van der Waals surface area contributed by atoms with E-state index in [1.807, 2.05) is 73.1 Å². The number of nitrogens with two attached hydrogens (primary N) is 2. The summed E-state index contributed by atoms with van der Waals surface area (Å²) in [4.78, 5) is 46.1. The molecule has 4 atom stereocenters. The number of aliphatic carboxylic acids is 1. The van der Waals surface area contributed by atoms with Crippen LogP contribution in [0, 0.1) is 48.8 Å². The monoisotopic (exact) mass is 2040 g/mol. The van der Waals surface area contributed by atoms with Crippen molar-refractivity contribution in [2.75, 3.05) is 58.2 Å². The molecule has 0 saturated carbocycles. The number of aryl methyl sites for hydroxylation is 4. The zero-order valence-electron chi connectivity index (χ0n) is 73.3. The van der Waals surface area contributed by atoms with E-state index in [2.05, 4.69) is 46.8 Å². The summed E-state index contributed by atoms with van der Waals surface area (Å²) < 4.78 is 204. The van der Waals surface area contributed by atoms with E-state index in [0.717, 1.165) is 88.9 Å². The first kappa shape index (κ1) is 112. The maximum Gasteiger partial charge on any atom is 0.310 e.